The van der Waals surface area contributed by atoms with Crippen LogP contribution in [0.3, 0.4) is 0 Å². The van der Waals surface area contributed by atoms with Crippen molar-refractivity contribution in [1.29, 1.82) is 0 Å². The molecular formula is C21H18BrN3O3S2. The molecule has 1 saturated heterocycles. The van der Waals surface area contributed by atoms with Crippen LogP contribution in [0, 0.1) is 6.92 Å². The van der Waals surface area contributed by atoms with Crippen LogP contribution in [-0.4, -0.2) is 33.5 Å². The van der Waals surface area contributed by atoms with E-state index in [1.807, 2.05) is 31.2 Å². The molecule has 1 aliphatic heterocycles. The van der Waals surface area contributed by atoms with E-state index in [0.29, 0.717) is 19.3 Å². The van der Waals surface area contributed by atoms with Gasteiger partial charge in [0, 0.05) is 17.4 Å². The Kier molecular flexibility index (Phi) is 7.41. The molecule has 0 bridgehead atoms. The van der Waals surface area contributed by atoms with E-state index in [2.05, 4.69) is 26.8 Å². The maximum absolute atomic E-state index is 12.6. The summed E-state index contributed by atoms with van der Waals surface area (Å²) >= 11 is 9.79. The van der Waals surface area contributed by atoms with Gasteiger partial charge in [-0.25, -0.2) is 0 Å². The molecule has 0 spiro atoms. The highest BCUT2D eigenvalue weighted by Gasteiger charge is 2.32. The Morgan fingerprint density at radius 3 is 2.53 bits per heavy atom. The lowest BCUT2D eigenvalue weighted by molar-refractivity contribution is -0.124. The van der Waals surface area contributed by atoms with Crippen LogP contribution >= 0.6 is 39.9 Å². The summed E-state index contributed by atoms with van der Waals surface area (Å²) in [6.45, 7) is 2.13. The molecule has 1 fully saturated rings. The van der Waals surface area contributed by atoms with E-state index in [1.54, 1.807) is 30.3 Å². The highest BCUT2D eigenvalue weighted by atomic mass is 79.9. The van der Waals surface area contributed by atoms with Crippen molar-refractivity contribution in [1.82, 2.24) is 15.8 Å². The summed E-state index contributed by atoms with van der Waals surface area (Å²) in [5, 5.41) is 0. The summed E-state index contributed by atoms with van der Waals surface area (Å²) in [5.41, 5.74) is 7.16. The number of halogens is 1. The quantitative estimate of drug-likeness (QED) is 0.368. The molecule has 154 valence electrons. The number of thiocarbonyl (C=S) groups is 1. The minimum Gasteiger partial charge on any atom is -0.292 e. The van der Waals surface area contributed by atoms with Crippen molar-refractivity contribution in [2.75, 3.05) is 6.54 Å². The van der Waals surface area contributed by atoms with Gasteiger partial charge >= 0.3 is 0 Å². The SMILES string of the molecule is Cc1ccc(/C=C2\SC(=S)N(CCC(=O)NNC(=O)c3ccccc3Br)C2=O)cc1. The summed E-state index contributed by atoms with van der Waals surface area (Å²) in [4.78, 5) is 38.8. The molecular weight excluding hydrogens is 486 g/mol. The number of hydrogen-bond donors (Lipinski definition) is 2. The molecule has 9 heteroatoms. The van der Waals surface area contributed by atoms with Crippen LogP contribution in [0.15, 0.2) is 57.9 Å². The Hall–Kier alpha value is -2.49. The minimum absolute atomic E-state index is 0.000487. The second-order valence-electron chi connectivity index (χ2n) is 6.48. The summed E-state index contributed by atoms with van der Waals surface area (Å²) < 4.78 is 1.03. The average molecular weight is 504 g/mol. The molecule has 0 atom stereocenters. The van der Waals surface area contributed by atoms with Crippen molar-refractivity contribution in [2.24, 2.45) is 0 Å². The normalized spacial score (nSPS) is 14.9. The first-order valence-corrected chi connectivity index (χ1v) is 11.0. The zero-order valence-corrected chi connectivity index (χ0v) is 19.2. The predicted octanol–water partition coefficient (Wildman–Crippen LogP) is 3.81. The number of hydrazine groups is 1. The summed E-state index contributed by atoms with van der Waals surface area (Å²) in [5.74, 6) is -1.09. The number of carbonyl (C=O) groups excluding carboxylic acids is 3. The van der Waals surface area contributed by atoms with Gasteiger partial charge in [-0.2, -0.15) is 0 Å². The fraction of sp³-hybridized carbons (Fsp3) is 0.143. The number of thioether (sulfide) groups is 1. The molecule has 0 unspecified atom stereocenters. The zero-order chi connectivity index (χ0) is 21.7. The van der Waals surface area contributed by atoms with Crippen molar-refractivity contribution in [3.05, 3.63) is 74.6 Å². The number of benzene rings is 2. The van der Waals surface area contributed by atoms with Gasteiger partial charge in [-0.15, -0.1) is 0 Å². The first kappa shape index (κ1) is 22.2. The van der Waals surface area contributed by atoms with E-state index in [0.717, 1.165) is 11.1 Å². The number of hydrogen-bond acceptors (Lipinski definition) is 5. The molecule has 2 aromatic rings. The monoisotopic (exact) mass is 503 g/mol. The van der Waals surface area contributed by atoms with E-state index in [-0.39, 0.29) is 18.9 Å². The molecule has 3 amide bonds. The molecule has 1 aliphatic rings. The molecule has 6 nitrogen and oxygen atoms in total. The number of amides is 3. The van der Waals surface area contributed by atoms with Crippen LogP contribution in [0.25, 0.3) is 6.08 Å². The molecule has 0 aliphatic carbocycles. The Labute approximate surface area is 192 Å². The van der Waals surface area contributed by atoms with Crippen LogP contribution < -0.4 is 10.9 Å². The molecule has 3 rings (SSSR count). The van der Waals surface area contributed by atoms with Gasteiger partial charge in [0.2, 0.25) is 5.91 Å². The van der Waals surface area contributed by atoms with Crippen molar-refractivity contribution < 1.29 is 14.4 Å². The van der Waals surface area contributed by atoms with E-state index >= 15 is 0 Å². The largest absolute Gasteiger partial charge is 0.292 e. The fourth-order valence-electron chi connectivity index (χ4n) is 2.62. The molecule has 30 heavy (non-hydrogen) atoms. The van der Waals surface area contributed by atoms with Crippen LogP contribution in [0.5, 0.6) is 0 Å². The lowest BCUT2D eigenvalue weighted by atomic mass is 10.1. The Morgan fingerprint density at radius 1 is 1.13 bits per heavy atom. The molecule has 1 heterocycles. The molecule has 0 radical (unpaired) electrons. The maximum Gasteiger partial charge on any atom is 0.270 e. The number of nitrogens with zero attached hydrogens (tertiary/aromatic N) is 1. The fourth-order valence-corrected chi connectivity index (χ4v) is 4.40. The van der Waals surface area contributed by atoms with Gasteiger partial charge in [-0.3, -0.25) is 30.1 Å². The van der Waals surface area contributed by atoms with Crippen molar-refractivity contribution >= 4 is 68.0 Å². The van der Waals surface area contributed by atoms with Crippen LogP contribution in [0.1, 0.15) is 27.9 Å². The Bertz CT molecular complexity index is 1040. The standard InChI is InChI=1S/C21H18BrN3O3S2/c1-13-6-8-14(9-7-13)12-17-20(28)25(21(29)30-17)11-10-18(26)23-24-19(27)15-4-2-3-5-16(15)22/h2-9,12H,10-11H2,1H3,(H,23,26)(H,24,27)/b17-12-. The highest BCUT2D eigenvalue weighted by Crippen LogP contribution is 2.32. The van der Waals surface area contributed by atoms with E-state index in [4.69, 9.17) is 12.2 Å². The van der Waals surface area contributed by atoms with E-state index in [1.165, 1.54) is 16.7 Å². The van der Waals surface area contributed by atoms with Crippen molar-refractivity contribution in [3.8, 4) is 0 Å². The number of rotatable bonds is 5. The second kappa shape index (κ2) is 10.0. The highest BCUT2D eigenvalue weighted by molar-refractivity contribution is 9.10. The average Bonchev–Trinajstić information content (AvgIpc) is 2.99. The predicted molar refractivity (Wildman–Crippen MR) is 125 cm³/mol. The number of aryl methyl sites for hydroxylation is 1. The summed E-state index contributed by atoms with van der Waals surface area (Å²) in [7, 11) is 0. The third-order valence-corrected chi connectivity index (χ3v) is 6.31. The Morgan fingerprint density at radius 2 is 1.83 bits per heavy atom. The minimum atomic E-state index is -0.442. The van der Waals surface area contributed by atoms with Gasteiger partial charge in [0.25, 0.3) is 11.8 Å². The molecule has 2 N–H and O–H groups in total. The summed E-state index contributed by atoms with van der Waals surface area (Å²) in [6, 6.07) is 14.7. The van der Waals surface area contributed by atoms with Gasteiger partial charge in [0.15, 0.2) is 0 Å². The van der Waals surface area contributed by atoms with Gasteiger partial charge in [0.1, 0.15) is 4.32 Å². The third-order valence-electron chi connectivity index (χ3n) is 4.25. The molecule has 0 saturated carbocycles. The molecule has 0 aromatic heterocycles. The number of nitrogens with one attached hydrogen (secondary N) is 2. The van der Waals surface area contributed by atoms with Gasteiger partial charge in [0.05, 0.1) is 10.5 Å². The molecule has 2 aromatic carbocycles. The maximum atomic E-state index is 12.6. The lowest BCUT2D eigenvalue weighted by Crippen LogP contribution is -2.43. The van der Waals surface area contributed by atoms with Gasteiger partial charge < -0.3 is 0 Å². The van der Waals surface area contributed by atoms with Gasteiger partial charge in [-0.05, 0) is 46.6 Å². The smallest absolute Gasteiger partial charge is 0.270 e. The lowest BCUT2D eigenvalue weighted by Gasteiger charge is -2.14. The van der Waals surface area contributed by atoms with E-state index < -0.39 is 11.8 Å². The van der Waals surface area contributed by atoms with Crippen LogP contribution in [-0.2, 0) is 9.59 Å². The zero-order valence-electron chi connectivity index (χ0n) is 16.0. The van der Waals surface area contributed by atoms with Crippen molar-refractivity contribution in [3.63, 3.8) is 0 Å². The Balaban J connectivity index is 1.52. The number of carbonyl (C=O) groups is 3. The van der Waals surface area contributed by atoms with Gasteiger partial charge in [-0.1, -0.05) is 65.9 Å². The topological polar surface area (TPSA) is 78.5 Å². The first-order valence-electron chi connectivity index (χ1n) is 9.01. The first-order chi connectivity index (χ1) is 14.3. The van der Waals surface area contributed by atoms with Crippen LogP contribution in [0.4, 0.5) is 0 Å². The summed E-state index contributed by atoms with van der Waals surface area (Å²) in [6.07, 6.45) is 1.79. The van der Waals surface area contributed by atoms with Crippen LogP contribution in [0.2, 0.25) is 0 Å². The van der Waals surface area contributed by atoms with Crippen molar-refractivity contribution in [2.45, 2.75) is 13.3 Å². The van der Waals surface area contributed by atoms with E-state index in [9.17, 15) is 14.4 Å². The third kappa shape index (κ3) is 5.56. The second-order valence-corrected chi connectivity index (χ2v) is 9.01.